The van der Waals surface area contributed by atoms with Gasteiger partial charge in [0.2, 0.25) is 0 Å². The van der Waals surface area contributed by atoms with E-state index in [1.165, 1.54) is 12.3 Å². The number of hydrogen-bond donors (Lipinski definition) is 2. The van der Waals surface area contributed by atoms with Crippen molar-refractivity contribution in [2.45, 2.75) is 45.1 Å². The lowest BCUT2D eigenvalue weighted by Crippen LogP contribution is -2.53. The fourth-order valence-electron chi connectivity index (χ4n) is 2.23. The van der Waals surface area contributed by atoms with Gasteiger partial charge in [0.05, 0.1) is 0 Å². The molecule has 1 fully saturated rings. The lowest BCUT2D eigenvalue weighted by atomic mass is 9.74. The maximum absolute atomic E-state index is 12.0. The van der Waals surface area contributed by atoms with Crippen LogP contribution in [0.3, 0.4) is 0 Å². The van der Waals surface area contributed by atoms with Crippen LogP contribution in [0.25, 0.3) is 0 Å². The molecule has 1 aromatic heterocycles. The van der Waals surface area contributed by atoms with Gasteiger partial charge in [-0.2, -0.15) is 0 Å². The second-order valence-corrected chi connectivity index (χ2v) is 4.84. The topological polar surface area (TPSA) is 62.0 Å². The Bertz CT molecular complexity index is 481. The van der Waals surface area contributed by atoms with Crippen LogP contribution in [0.2, 0.25) is 0 Å². The number of rotatable bonds is 3. The Morgan fingerprint density at radius 2 is 2.24 bits per heavy atom. The molecule has 92 valence electrons. The average Bonchev–Trinajstić information content (AvgIpc) is 2.23. The molecule has 0 aromatic carbocycles. The Balaban J connectivity index is 2.17. The predicted molar refractivity (Wildman–Crippen MR) is 66.1 cm³/mol. The molecule has 0 saturated heterocycles. The Kier molecular flexibility index (Phi) is 3.05. The third kappa shape index (κ3) is 2.25. The summed E-state index contributed by atoms with van der Waals surface area (Å²) < 4.78 is 0. The highest BCUT2D eigenvalue weighted by molar-refractivity contribution is 5.94. The van der Waals surface area contributed by atoms with E-state index in [4.69, 9.17) is 0 Å². The fourth-order valence-corrected chi connectivity index (χ4v) is 2.23. The zero-order valence-corrected chi connectivity index (χ0v) is 10.3. The average molecular weight is 234 g/mol. The number of carbonyl (C=O) groups is 1. The molecule has 0 unspecified atom stereocenters. The summed E-state index contributed by atoms with van der Waals surface area (Å²) in [6.45, 7) is 3.86. The van der Waals surface area contributed by atoms with Crippen LogP contribution < -0.4 is 10.7 Å². The van der Waals surface area contributed by atoms with E-state index in [0.29, 0.717) is 0 Å². The number of H-pyrrole nitrogens is 1. The molecule has 1 saturated carbocycles. The molecule has 0 atom stereocenters. The molecule has 2 N–H and O–H groups in total. The van der Waals surface area contributed by atoms with Crippen molar-refractivity contribution >= 4 is 5.91 Å². The van der Waals surface area contributed by atoms with Gasteiger partial charge in [0.15, 0.2) is 5.43 Å². The zero-order chi connectivity index (χ0) is 12.5. The number of nitrogens with one attached hydrogen (secondary N) is 2. The quantitative estimate of drug-likeness (QED) is 0.837. The lowest BCUT2D eigenvalue weighted by Gasteiger charge is -2.41. The molecule has 4 heteroatoms. The van der Waals surface area contributed by atoms with Crippen molar-refractivity contribution in [2.75, 3.05) is 0 Å². The van der Waals surface area contributed by atoms with Crippen molar-refractivity contribution < 1.29 is 4.79 Å². The lowest BCUT2D eigenvalue weighted by molar-refractivity contribution is 0.0819. The largest absolute Gasteiger partial charge is 0.364 e. The van der Waals surface area contributed by atoms with E-state index in [1.54, 1.807) is 6.92 Å². The monoisotopic (exact) mass is 234 g/mol. The van der Waals surface area contributed by atoms with E-state index in [-0.39, 0.29) is 22.4 Å². The van der Waals surface area contributed by atoms with Gasteiger partial charge in [0.1, 0.15) is 5.56 Å². The van der Waals surface area contributed by atoms with Crippen molar-refractivity contribution in [3.63, 3.8) is 0 Å². The number of hydrogen-bond acceptors (Lipinski definition) is 2. The zero-order valence-electron chi connectivity index (χ0n) is 10.3. The van der Waals surface area contributed by atoms with Crippen LogP contribution in [0.1, 0.15) is 48.7 Å². The van der Waals surface area contributed by atoms with Gasteiger partial charge < -0.3 is 10.3 Å². The summed E-state index contributed by atoms with van der Waals surface area (Å²) in [7, 11) is 0. The van der Waals surface area contributed by atoms with Crippen LogP contribution >= 0.6 is 0 Å². The molecule has 1 aliphatic rings. The van der Waals surface area contributed by atoms with E-state index in [2.05, 4.69) is 17.2 Å². The minimum Gasteiger partial charge on any atom is -0.364 e. The van der Waals surface area contributed by atoms with Gasteiger partial charge in [-0.1, -0.05) is 6.92 Å². The van der Waals surface area contributed by atoms with E-state index < -0.39 is 0 Å². The molecular weight excluding hydrogens is 216 g/mol. The molecule has 0 aliphatic heterocycles. The van der Waals surface area contributed by atoms with Crippen molar-refractivity contribution in [1.82, 2.24) is 10.3 Å². The number of aromatic amines is 1. The van der Waals surface area contributed by atoms with Crippen LogP contribution in [0.4, 0.5) is 0 Å². The Labute approximate surface area is 100 Å². The highest BCUT2D eigenvalue weighted by Crippen LogP contribution is 2.34. The summed E-state index contributed by atoms with van der Waals surface area (Å²) in [4.78, 5) is 26.6. The van der Waals surface area contributed by atoms with Crippen molar-refractivity contribution in [2.24, 2.45) is 0 Å². The summed E-state index contributed by atoms with van der Waals surface area (Å²) >= 11 is 0. The maximum Gasteiger partial charge on any atom is 0.257 e. The van der Waals surface area contributed by atoms with E-state index >= 15 is 0 Å². The molecule has 0 spiro atoms. The van der Waals surface area contributed by atoms with Crippen LogP contribution in [-0.2, 0) is 0 Å². The van der Waals surface area contributed by atoms with E-state index in [0.717, 1.165) is 31.4 Å². The van der Waals surface area contributed by atoms with Gasteiger partial charge in [-0.3, -0.25) is 9.59 Å². The summed E-state index contributed by atoms with van der Waals surface area (Å²) in [5, 5.41) is 3.00. The SMILES string of the molecule is CCC1(NC(=O)c2c[nH]c(C)cc2=O)CCC1. The third-order valence-electron chi connectivity index (χ3n) is 3.67. The first-order valence-electron chi connectivity index (χ1n) is 6.08. The highest BCUT2D eigenvalue weighted by Gasteiger charge is 2.36. The number of amides is 1. The first kappa shape index (κ1) is 11.9. The Morgan fingerprint density at radius 1 is 1.53 bits per heavy atom. The van der Waals surface area contributed by atoms with Crippen LogP contribution in [0.15, 0.2) is 17.1 Å². The van der Waals surface area contributed by atoms with Gasteiger partial charge >= 0.3 is 0 Å². The van der Waals surface area contributed by atoms with Crippen molar-refractivity contribution in [1.29, 1.82) is 0 Å². The molecule has 4 nitrogen and oxygen atoms in total. The molecule has 1 aromatic rings. The summed E-state index contributed by atoms with van der Waals surface area (Å²) in [5.41, 5.74) is 0.675. The molecule has 1 amide bonds. The van der Waals surface area contributed by atoms with Crippen LogP contribution in [0.5, 0.6) is 0 Å². The molecule has 2 rings (SSSR count). The van der Waals surface area contributed by atoms with Crippen LogP contribution in [0, 0.1) is 6.92 Å². The van der Waals surface area contributed by atoms with Gasteiger partial charge in [-0.05, 0) is 32.6 Å². The van der Waals surface area contributed by atoms with E-state index in [9.17, 15) is 9.59 Å². The number of pyridine rings is 1. The number of aromatic nitrogens is 1. The van der Waals surface area contributed by atoms with Gasteiger partial charge in [-0.25, -0.2) is 0 Å². The summed E-state index contributed by atoms with van der Waals surface area (Å²) in [5.74, 6) is -0.257. The maximum atomic E-state index is 12.0. The third-order valence-corrected chi connectivity index (χ3v) is 3.67. The second-order valence-electron chi connectivity index (χ2n) is 4.84. The first-order chi connectivity index (χ1) is 8.06. The fraction of sp³-hybridized carbons (Fsp3) is 0.538. The Hall–Kier alpha value is -1.58. The van der Waals surface area contributed by atoms with Gasteiger partial charge in [-0.15, -0.1) is 0 Å². The van der Waals surface area contributed by atoms with Crippen molar-refractivity contribution in [3.05, 3.63) is 33.7 Å². The van der Waals surface area contributed by atoms with E-state index in [1.807, 2.05) is 0 Å². The molecule has 0 bridgehead atoms. The predicted octanol–water partition coefficient (Wildman–Crippen LogP) is 1.75. The normalized spacial score (nSPS) is 17.3. The number of aryl methyl sites for hydroxylation is 1. The minimum absolute atomic E-state index is 0.0750. The molecule has 1 aliphatic carbocycles. The molecule has 1 heterocycles. The highest BCUT2D eigenvalue weighted by atomic mass is 16.2. The summed E-state index contributed by atoms with van der Waals surface area (Å²) in [6.07, 6.45) is 5.59. The summed E-state index contributed by atoms with van der Waals surface area (Å²) in [6, 6.07) is 1.45. The first-order valence-corrected chi connectivity index (χ1v) is 6.08. The standard InChI is InChI=1S/C13H18N2O2/c1-3-13(5-4-6-13)15-12(17)10-8-14-9(2)7-11(10)16/h7-8H,3-6H2,1-2H3,(H,14,16)(H,15,17). The van der Waals surface area contributed by atoms with Gasteiger partial charge in [0.25, 0.3) is 5.91 Å². The molecule has 17 heavy (non-hydrogen) atoms. The molecular formula is C13H18N2O2. The Morgan fingerprint density at radius 3 is 2.71 bits per heavy atom. The van der Waals surface area contributed by atoms with Crippen molar-refractivity contribution in [3.8, 4) is 0 Å². The molecule has 0 radical (unpaired) electrons. The number of carbonyl (C=O) groups excluding carboxylic acids is 1. The van der Waals surface area contributed by atoms with Crippen LogP contribution in [-0.4, -0.2) is 16.4 Å². The minimum atomic E-state index is -0.257. The second kappa shape index (κ2) is 4.35. The van der Waals surface area contributed by atoms with Gasteiger partial charge in [0, 0.05) is 23.5 Å². The smallest absolute Gasteiger partial charge is 0.257 e.